The average Bonchev–Trinajstić information content (AvgIpc) is 3.09. The highest BCUT2D eigenvalue weighted by Crippen LogP contribution is 2.21. The van der Waals surface area contributed by atoms with Crippen LogP contribution in [0.2, 0.25) is 0 Å². The molecule has 1 aliphatic carbocycles. The molecule has 7 nitrogen and oxygen atoms in total. The minimum absolute atomic E-state index is 0.173. The molecule has 164 valence electrons. The number of guanidine groups is 1. The highest BCUT2D eigenvalue weighted by molar-refractivity contribution is 7.09. The van der Waals surface area contributed by atoms with Gasteiger partial charge in [0.1, 0.15) is 5.60 Å². The maximum absolute atomic E-state index is 12.0. The molecule has 1 aromatic heterocycles. The Balaban J connectivity index is 1.81. The smallest absolute Gasteiger partial charge is 0.407 e. The molecule has 1 heterocycles. The number of alkyl carbamates (subject to hydrolysis) is 1. The van der Waals surface area contributed by atoms with E-state index in [4.69, 9.17) is 9.73 Å². The number of nitrogens with one attached hydrogen (secondary N) is 3. The van der Waals surface area contributed by atoms with Gasteiger partial charge in [-0.15, -0.1) is 11.3 Å². The maximum Gasteiger partial charge on any atom is 0.407 e. The molecule has 29 heavy (non-hydrogen) atoms. The van der Waals surface area contributed by atoms with Crippen LogP contribution in [0.1, 0.15) is 83.8 Å². The second kappa shape index (κ2) is 10.8. The summed E-state index contributed by atoms with van der Waals surface area (Å²) in [5, 5.41) is 13.1. The minimum atomic E-state index is -0.465. The van der Waals surface area contributed by atoms with Gasteiger partial charge in [-0.05, 0) is 53.4 Å². The molecule has 1 aromatic rings. The molecule has 0 saturated heterocycles. The van der Waals surface area contributed by atoms with Gasteiger partial charge in [0.25, 0.3) is 0 Å². The number of hydrogen-bond acceptors (Lipinski definition) is 5. The van der Waals surface area contributed by atoms with Gasteiger partial charge < -0.3 is 20.7 Å². The van der Waals surface area contributed by atoms with Crippen molar-refractivity contribution in [1.29, 1.82) is 0 Å². The summed E-state index contributed by atoms with van der Waals surface area (Å²) < 4.78 is 5.35. The van der Waals surface area contributed by atoms with Crippen LogP contribution in [0.5, 0.6) is 0 Å². The molecule has 0 radical (unpaired) electrons. The van der Waals surface area contributed by atoms with Crippen LogP contribution in [0.25, 0.3) is 0 Å². The third-order valence-corrected chi connectivity index (χ3v) is 5.79. The Morgan fingerprint density at radius 3 is 2.38 bits per heavy atom. The van der Waals surface area contributed by atoms with Gasteiger partial charge in [0.2, 0.25) is 0 Å². The van der Waals surface area contributed by atoms with Crippen molar-refractivity contribution in [1.82, 2.24) is 20.9 Å². The summed E-state index contributed by atoms with van der Waals surface area (Å²) in [5.41, 5.74) is 0.550. The summed E-state index contributed by atoms with van der Waals surface area (Å²) in [6.45, 7) is 13.4. The van der Waals surface area contributed by atoms with Crippen LogP contribution in [0.4, 0.5) is 4.79 Å². The van der Waals surface area contributed by atoms with Gasteiger partial charge in [-0.2, -0.15) is 0 Å². The van der Waals surface area contributed by atoms with E-state index in [1.165, 1.54) is 0 Å². The van der Waals surface area contributed by atoms with Crippen LogP contribution in [-0.4, -0.2) is 41.3 Å². The van der Waals surface area contributed by atoms with Crippen LogP contribution >= 0.6 is 11.3 Å². The van der Waals surface area contributed by atoms with Gasteiger partial charge in [0, 0.05) is 29.9 Å². The average molecular weight is 424 g/mol. The summed E-state index contributed by atoms with van der Waals surface area (Å²) in [6.07, 6.45) is 3.51. The molecule has 0 spiro atoms. The lowest BCUT2D eigenvalue weighted by Crippen LogP contribution is -2.48. The molecule has 1 aliphatic rings. The Labute approximate surface area is 179 Å². The van der Waals surface area contributed by atoms with E-state index in [9.17, 15) is 4.79 Å². The molecule has 3 N–H and O–H groups in total. The number of carbonyl (C=O) groups is 1. The van der Waals surface area contributed by atoms with E-state index >= 15 is 0 Å². The summed E-state index contributed by atoms with van der Waals surface area (Å²) >= 11 is 1.70. The van der Waals surface area contributed by atoms with Crippen LogP contribution in [-0.2, 0) is 11.3 Å². The largest absolute Gasteiger partial charge is 0.444 e. The number of aromatic nitrogens is 1. The maximum atomic E-state index is 12.0. The molecule has 2 rings (SSSR count). The summed E-state index contributed by atoms with van der Waals surface area (Å²) in [6, 6.07) is 0.526. The van der Waals surface area contributed by atoms with E-state index in [1.807, 2.05) is 20.8 Å². The number of rotatable bonds is 6. The standard InChI is InChI=1S/C21H37N5O2S/c1-7-22-19(23-12-17-13-29-18(24-17)14(2)3)25-15-8-10-16(11-9-15)26-20(27)28-21(4,5)6/h13-16H,7-12H2,1-6H3,(H,26,27)(H2,22,23,25). The molecule has 1 fully saturated rings. The summed E-state index contributed by atoms with van der Waals surface area (Å²) in [4.78, 5) is 21.3. The number of thiazole rings is 1. The molecule has 0 unspecified atom stereocenters. The van der Waals surface area contributed by atoms with Crippen LogP contribution in [0.15, 0.2) is 10.4 Å². The van der Waals surface area contributed by atoms with Crippen LogP contribution < -0.4 is 16.0 Å². The number of ether oxygens (including phenoxy) is 1. The molecule has 0 aromatic carbocycles. The first-order chi connectivity index (χ1) is 13.7. The van der Waals surface area contributed by atoms with Crippen molar-refractivity contribution >= 4 is 23.4 Å². The van der Waals surface area contributed by atoms with Gasteiger partial charge in [0.15, 0.2) is 5.96 Å². The zero-order valence-corrected chi connectivity index (χ0v) is 19.5. The highest BCUT2D eigenvalue weighted by atomic mass is 32.1. The van der Waals surface area contributed by atoms with Crippen LogP contribution in [0, 0.1) is 0 Å². The minimum Gasteiger partial charge on any atom is -0.444 e. The van der Waals surface area contributed by atoms with Crippen molar-refractivity contribution in [2.45, 2.75) is 97.4 Å². The van der Waals surface area contributed by atoms with Crippen molar-refractivity contribution in [2.24, 2.45) is 4.99 Å². The lowest BCUT2D eigenvalue weighted by atomic mass is 9.91. The molecule has 0 aliphatic heterocycles. The number of hydrogen-bond donors (Lipinski definition) is 3. The molecule has 8 heteroatoms. The van der Waals surface area contributed by atoms with E-state index in [0.717, 1.165) is 48.9 Å². The van der Waals surface area contributed by atoms with E-state index in [-0.39, 0.29) is 12.1 Å². The summed E-state index contributed by atoms with van der Waals surface area (Å²) in [7, 11) is 0. The first-order valence-electron chi connectivity index (χ1n) is 10.6. The Bertz CT molecular complexity index is 673. The Morgan fingerprint density at radius 2 is 1.86 bits per heavy atom. The van der Waals surface area contributed by atoms with E-state index in [2.05, 4.69) is 47.1 Å². The first-order valence-corrected chi connectivity index (χ1v) is 11.5. The predicted octanol–water partition coefficient (Wildman–Crippen LogP) is 4.16. The Kier molecular flexibility index (Phi) is 8.74. The Hall–Kier alpha value is -1.83. The second-order valence-corrected chi connectivity index (χ2v) is 9.76. The SMILES string of the molecule is CCNC(=NCc1csc(C(C)C)n1)NC1CCC(NC(=O)OC(C)(C)C)CC1. The molecule has 0 atom stereocenters. The number of carbonyl (C=O) groups excluding carboxylic acids is 1. The fraction of sp³-hybridized carbons (Fsp3) is 0.762. The quantitative estimate of drug-likeness (QED) is 0.472. The molecule has 0 bridgehead atoms. The Morgan fingerprint density at radius 1 is 1.24 bits per heavy atom. The van der Waals surface area contributed by atoms with Gasteiger partial charge in [-0.25, -0.2) is 14.8 Å². The normalized spacial score (nSPS) is 20.4. The fourth-order valence-electron chi connectivity index (χ4n) is 3.19. The van der Waals surface area contributed by atoms with Gasteiger partial charge in [0.05, 0.1) is 17.2 Å². The lowest BCUT2D eigenvalue weighted by molar-refractivity contribution is 0.0490. The van der Waals surface area contributed by atoms with Crippen molar-refractivity contribution in [2.75, 3.05) is 6.54 Å². The van der Waals surface area contributed by atoms with Crippen LogP contribution in [0.3, 0.4) is 0 Å². The zero-order chi connectivity index (χ0) is 21.4. The molecular formula is C21H37N5O2S. The van der Waals surface area contributed by atoms with Crippen molar-refractivity contribution in [3.8, 4) is 0 Å². The van der Waals surface area contributed by atoms with Crippen molar-refractivity contribution in [3.63, 3.8) is 0 Å². The second-order valence-electron chi connectivity index (χ2n) is 8.87. The third-order valence-electron chi connectivity index (χ3n) is 4.60. The number of amides is 1. The third kappa shape index (κ3) is 8.60. The van der Waals surface area contributed by atoms with Crippen molar-refractivity contribution in [3.05, 3.63) is 16.1 Å². The summed E-state index contributed by atoms with van der Waals surface area (Å²) in [5.74, 6) is 1.28. The van der Waals surface area contributed by atoms with E-state index in [0.29, 0.717) is 18.5 Å². The topological polar surface area (TPSA) is 87.6 Å². The van der Waals surface area contributed by atoms with E-state index in [1.54, 1.807) is 11.3 Å². The van der Waals surface area contributed by atoms with Gasteiger partial charge in [-0.3, -0.25) is 0 Å². The zero-order valence-electron chi connectivity index (χ0n) is 18.7. The first kappa shape index (κ1) is 23.4. The lowest BCUT2D eigenvalue weighted by Gasteiger charge is -2.31. The molecule has 1 saturated carbocycles. The predicted molar refractivity (Wildman–Crippen MR) is 120 cm³/mol. The highest BCUT2D eigenvalue weighted by Gasteiger charge is 2.25. The number of nitrogens with zero attached hydrogens (tertiary/aromatic N) is 2. The van der Waals surface area contributed by atoms with Gasteiger partial charge in [-0.1, -0.05) is 13.8 Å². The molecular weight excluding hydrogens is 386 g/mol. The molecule has 1 amide bonds. The number of aliphatic imine (C=N–C) groups is 1. The monoisotopic (exact) mass is 423 g/mol. The fourth-order valence-corrected chi connectivity index (χ4v) is 4.02. The van der Waals surface area contributed by atoms with E-state index < -0.39 is 5.60 Å². The van der Waals surface area contributed by atoms with Gasteiger partial charge >= 0.3 is 6.09 Å². The van der Waals surface area contributed by atoms with Crippen molar-refractivity contribution < 1.29 is 9.53 Å².